The zero-order chi connectivity index (χ0) is 20.7. The highest BCUT2D eigenvalue weighted by atomic mass is 16.1. The minimum atomic E-state index is -0.594. The summed E-state index contributed by atoms with van der Waals surface area (Å²) in [6, 6.07) is 9.65. The van der Waals surface area contributed by atoms with Gasteiger partial charge in [-0.05, 0) is 55.9 Å². The van der Waals surface area contributed by atoms with Gasteiger partial charge in [-0.15, -0.1) is 0 Å². The van der Waals surface area contributed by atoms with Crippen LogP contribution in [0.1, 0.15) is 36.0 Å². The van der Waals surface area contributed by atoms with Crippen LogP contribution in [0.4, 0.5) is 17.5 Å². The second-order valence-electron chi connectivity index (χ2n) is 8.14. The van der Waals surface area contributed by atoms with E-state index in [4.69, 9.17) is 11.5 Å². The van der Waals surface area contributed by atoms with Crippen LogP contribution in [0.15, 0.2) is 48.9 Å². The first-order valence-corrected chi connectivity index (χ1v) is 10.1. The Bertz CT molecular complexity index is 1070. The van der Waals surface area contributed by atoms with Crippen molar-refractivity contribution in [3.8, 4) is 5.69 Å². The number of hydrogen-bond acceptors (Lipinski definition) is 7. The number of aromatic nitrogens is 4. The maximum Gasteiger partial charge on any atom is 0.254 e. The van der Waals surface area contributed by atoms with Crippen molar-refractivity contribution in [3.63, 3.8) is 0 Å². The van der Waals surface area contributed by atoms with Gasteiger partial charge in [-0.1, -0.05) is 6.07 Å². The number of carbonyl (C=O) groups excluding carboxylic acids is 1. The van der Waals surface area contributed by atoms with Gasteiger partial charge in [0.05, 0.1) is 5.69 Å². The molecule has 2 aliphatic carbocycles. The fraction of sp³-hybridized carbons (Fsp3) is 0.333. The van der Waals surface area contributed by atoms with Gasteiger partial charge in [-0.25, -0.2) is 9.67 Å². The van der Waals surface area contributed by atoms with Crippen molar-refractivity contribution >= 4 is 23.4 Å². The Morgan fingerprint density at radius 2 is 2.10 bits per heavy atom. The lowest BCUT2D eigenvalue weighted by atomic mass is 10.0. The van der Waals surface area contributed by atoms with Gasteiger partial charge in [-0.2, -0.15) is 10.1 Å². The molecule has 5 rings (SSSR count). The molecule has 0 aliphatic heterocycles. The third kappa shape index (κ3) is 3.71. The number of rotatable bonds is 8. The van der Waals surface area contributed by atoms with Gasteiger partial charge >= 0.3 is 0 Å². The summed E-state index contributed by atoms with van der Waals surface area (Å²) in [6.45, 7) is 0. The van der Waals surface area contributed by atoms with E-state index in [1.54, 1.807) is 10.9 Å². The van der Waals surface area contributed by atoms with E-state index in [0.717, 1.165) is 24.2 Å². The summed E-state index contributed by atoms with van der Waals surface area (Å²) in [5.74, 6) is 0.760. The number of carbonyl (C=O) groups is 1. The topological polar surface area (TPSA) is 137 Å². The molecule has 0 saturated heterocycles. The van der Waals surface area contributed by atoms with Gasteiger partial charge in [-0.3, -0.25) is 4.79 Å². The van der Waals surface area contributed by atoms with Crippen molar-refractivity contribution in [2.45, 2.75) is 37.3 Å². The summed E-state index contributed by atoms with van der Waals surface area (Å²) in [5.41, 5.74) is 13.7. The van der Waals surface area contributed by atoms with Crippen molar-refractivity contribution in [2.75, 3.05) is 10.6 Å². The lowest BCUT2D eigenvalue weighted by molar-refractivity contribution is 0.100. The zero-order valence-corrected chi connectivity index (χ0v) is 16.5. The van der Waals surface area contributed by atoms with Crippen LogP contribution in [0.2, 0.25) is 0 Å². The summed E-state index contributed by atoms with van der Waals surface area (Å²) < 4.78 is 1.75. The van der Waals surface area contributed by atoms with Crippen molar-refractivity contribution < 1.29 is 4.79 Å². The predicted octanol–water partition coefficient (Wildman–Crippen LogP) is 2.19. The van der Waals surface area contributed by atoms with E-state index in [0.29, 0.717) is 17.7 Å². The van der Waals surface area contributed by atoms with Crippen molar-refractivity contribution in [1.29, 1.82) is 0 Å². The summed E-state index contributed by atoms with van der Waals surface area (Å²) in [6.07, 6.45) is 9.38. The molecule has 2 fully saturated rings. The molecule has 3 aromatic rings. The van der Waals surface area contributed by atoms with Crippen LogP contribution in [0, 0.1) is 5.92 Å². The fourth-order valence-corrected chi connectivity index (χ4v) is 3.77. The van der Waals surface area contributed by atoms with E-state index in [1.165, 1.54) is 19.0 Å². The molecule has 30 heavy (non-hydrogen) atoms. The van der Waals surface area contributed by atoms with E-state index < -0.39 is 5.91 Å². The Kier molecular flexibility index (Phi) is 4.39. The number of nitrogens with two attached hydrogens (primary N) is 2. The maximum absolute atomic E-state index is 11.9. The molecule has 0 bridgehead atoms. The van der Waals surface area contributed by atoms with Gasteiger partial charge in [0.2, 0.25) is 5.95 Å². The van der Waals surface area contributed by atoms with Crippen LogP contribution in [0.3, 0.4) is 0 Å². The first-order valence-electron chi connectivity index (χ1n) is 10.1. The predicted molar refractivity (Wildman–Crippen MR) is 114 cm³/mol. The van der Waals surface area contributed by atoms with Crippen LogP contribution < -0.4 is 22.1 Å². The van der Waals surface area contributed by atoms with Crippen molar-refractivity contribution in [1.82, 2.24) is 19.7 Å². The summed E-state index contributed by atoms with van der Waals surface area (Å²) in [5, 5.41) is 10.9. The van der Waals surface area contributed by atoms with E-state index in [1.807, 2.05) is 36.5 Å². The van der Waals surface area contributed by atoms with Gasteiger partial charge in [0, 0.05) is 35.9 Å². The average Bonchev–Trinajstić information content (AvgIpc) is 3.65. The Hall–Kier alpha value is -3.46. The summed E-state index contributed by atoms with van der Waals surface area (Å²) in [7, 11) is 0. The Morgan fingerprint density at radius 1 is 1.27 bits per heavy atom. The number of nitrogens with zero attached hydrogens (tertiary/aromatic N) is 4. The second-order valence-corrected chi connectivity index (χ2v) is 8.14. The minimum absolute atomic E-state index is 0.146. The molecule has 0 radical (unpaired) electrons. The molecule has 9 nitrogen and oxygen atoms in total. The number of benzene rings is 1. The molecule has 0 spiro atoms. The number of primary amides is 1. The minimum Gasteiger partial charge on any atom is -0.365 e. The standard InChI is InChI=1S/C21H24N8O/c22-18(30)16-12-24-20(27-17(13-5-6-13)21(23)7-8-21)28-19(16)26-14-3-1-4-15(11-14)29-10-2-9-25-29/h1-4,9-13,17H,5-8,23H2,(H2,22,30)(H2,24,26,27,28)/t17-/m1/s1. The molecule has 2 saturated carbocycles. The Balaban J connectivity index is 1.43. The molecule has 2 aromatic heterocycles. The average molecular weight is 404 g/mol. The lowest BCUT2D eigenvalue weighted by Gasteiger charge is -2.25. The van der Waals surface area contributed by atoms with E-state index in [2.05, 4.69) is 25.7 Å². The normalized spacial score (nSPS) is 17.9. The Labute approximate surface area is 173 Å². The molecule has 0 unspecified atom stereocenters. The first kappa shape index (κ1) is 18.6. The summed E-state index contributed by atoms with van der Waals surface area (Å²) in [4.78, 5) is 20.8. The number of hydrogen-bond donors (Lipinski definition) is 4. The maximum atomic E-state index is 11.9. The van der Waals surface area contributed by atoms with Crippen LogP contribution in [0.25, 0.3) is 5.69 Å². The van der Waals surface area contributed by atoms with Crippen LogP contribution >= 0.6 is 0 Å². The van der Waals surface area contributed by atoms with E-state index in [-0.39, 0.29) is 17.1 Å². The molecular formula is C21H24N8O. The first-order chi connectivity index (χ1) is 14.5. The molecular weight excluding hydrogens is 380 g/mol. The number of amides is 1. The lowest BCUT2D eigenvalue weighted by Crippen LogP contribution is -2.44. The van der Waals surface area contributed by atoms with Gasteiger partial charge in [0.25, 0.3) is 5.91 Å². The molecule has 1 aromatic carbocycles. The SMILES string of the molecule is NC(=O)c1cnc(N[C@H](C2CC2)C2(N)CC2)nc1Nc1cccc(-n2cccn2)c1. The quantitative estimate of drug-likeness (QED) is 0.452. The molecule has 1 atom stereocenters. The van der Waals surface area contributed by atoms with Gasteiger partial charge < -0.3 is 22.1 Å². The molecule has 2 heterocycles. The third-order valence-electron chi connectivity index (χ3n) is 5.76. The van der Waals surface area contributed by atoms with E-state index >= 15 is 0 Å². The number of anilines is 3. The third-order valence-corrected chi connectivity index (χ3v) is 5.76. The van der Waals surface area contributed by atoms with E-state index in [9.17, 15) is 4.79 Å². The highest BCUT2D eigenvalue weighted by Gasteiger charge is 2.52. The highest BCUT2D eigenvalue weighted by Crippen LogP contribution is 2.47. The zero-order valence-electron chi connectivity index (χ0n) is 16.5. The van der Waals surface area contributed by atoms with Crippen LogP contribution in [0.5, 0.6) is 0 Å². The van der Waals surface area contributed by atoms with Gasteiger partial charge in [0.15, 0.2) is 0 Å². The fourth-order valence-electron chi connectivity index (χ4n) is 3.77. The van der Waals surface area contributed by atoms with Crippen LogP contribution in [-0.4, -0.2) is 37.2 Å². The Morgan fingerprint density at radius 3 is 2.77 bits per heavy atom. The molecule has 9 heteroatoms. The second kappa shape index (κ2) is 7.10. The monoisotopic (exact) mass is 404 g/mol. The molecule has 154 valence electrons. The highest BCUT2D eigenvalue weighted by molar-refractivity contribution is 5.98. The van der Waals surface area contributed by atoms with Crippen LogP contribution in [-0.2, 0) is 0 Å². The number of nitrogens with one attached hydrogen (secondary N) is 2. The summed E-state index contributed by atoms with van der Waals surface area (Å²) >= 11 is 0. The molecule has 2 aliphatic rings. The van der Waals surface area contributed by atoms with Crippen molar-refractivity contribution in [3.05, 3.63) is 54.5 Å². The smallest absolute Gasteiger partial charge is 0.254 e. The van der Waals surface area contributed by atoms with Gasteiger partial charge in [0.1, 0.15) is 11.4 Å². The van der Waals surface area contributed by atoms with Crippen molar-refractivity contribution in [2.24, 2.45) is 17.4 Å². The molecule has 1 amide bonds. The largest absolute Gasteiger partial charge is 0.365 e. The molecule has 6 N–H and O–H groups in total.